The molecule has 0 rings (SSSR count). The number of hydrogen-bond acceptors (Lipinski definition) is 2. The van der Waals surface area contributed by atoms with Crippen molar-refractivity contribution in [3.8, 4) is 0 Å². The van der Waals surface area contributed by atoms with Crippen LogP contribution in [0.5, 0.6) is 0 Å². The van der Waals surface area contributed by atoms with Crippen LogP contribution in [0.4, 0.5) is 0 Å². The first-order valence-corrected chi connectivity index (χ1v) is 8.62. The highest BCUT2D eigenvalue weighted by atomic mass is 35.5. The lowest BCUT2D eigenvalue weighted by Crippen LogP contribution is -2.34. The Morgan fingerprint density at radius 1 is 1.06 bits per heavy atom. The molecule has 0 fully saturated rings. The van der Waals surface area contributed by atoms with Gasteiger partial charge < -0.3 is 0 Å². The van der Waals surface area contributed by atoms with Crippen LogP contribution in [0.3, 0.4) is 0 Å². The molecule has 1 atom stereocenters. The molecule has 0 bridgehead atoms. The maximum Gasteiger partial charge on any atom is 0.211 e. The Morgan fingerprint density at radius 3 is 2.24 bits per heavy atom. The zero-order chi connectivity index (χ0) is 13.3. The number of rotatable bonds is 10. The Labute approximate surface area is 111 Å². The van der Waals surface area contributed by atoms with Crippen molar-refractivity contribution in [2.45, 2.75) is 58.9 Å². The molecule has 0 aromatic rings. The summed E-state index contributed by atoms with van der Waals surface area (Å²) in [5, 5.41) is 0. The standard InChI is InChI=1S/C12H26ClNO2S/c1-11(2)7-6-8-12(3)14-17(15,16)10-5-4-9-13/h11-12,14H,4-10H2,1-3H3. The third-order valence-corrected chi connectivity index (χ3v) is 4.45. The third kappa shape index (κ3) is 11.0. The number of nitrogens with one attached hydrogen (secondary N) is 1. The van der Waals surface area contributed by atoms with E-state index in [1.165, 1.54) is 0 Å². The van der Waals surface area contributed by atoms with Gasteiger partial charge in [0.1, 0.15) is 0 Å². The molecule has 0 radical (unpaired) electrons. The molecule has 0 saturated heterocycles. The molecular weight excluding hydrogens is 258 g/mol. The minimum absolute atomic E-state index is 0.0368. The van der Waals surface area contributed by atoms with Crippen LogP contribution in [0, 0.1) is 5.92 Å². The molecule has 5 heteroatoms. The lowest BCUT2D eigenvalue weighted by Gasteiger charge is -2.14. The van der Waals surface area contributed by atoms with E-state index in [0.29, 0.717) is 18.2 Å². The largest absolute Gasteiger partial charge is 0.212 e. The number of halogens is 1. The van der Waals surface area contributed by atoms with E-state index in [0.717, 1.165) is 25.7 Å². The SMILES string of the molecule is CC(C)CCCC(C)NS(=O)(=O)CCCCCl. The Bertz CT molecular complexity index is 278. The molecule has 0 aliphatic carbocycles. The summed E-state index contributed by atoms with van der Waals surface area (Å²) < 4.78 is 26.0. The summed E-state index contributed by atoms with van der Waals surface area (Å²) in [6, 6.07) is 0.0368. The number of unbranched alkanes of at least 4 members (excludes halogenated alkanes) is 1. The summed E-state index contributed by atoms with van der Waals surface area (Å²) >= 11 is 5.52. The summed E-state index contributed by atoms with van der Waals surface area (Å²) in [6.07, 6.45) is 4.52. The number of alkyl halides is 1. The summed E-state index contributed by atoms with van der Waals surface area (Å²) in [7, 11) is -3.11. The van der Waals surface area contributed by atoms with Gasteiger partial charge in [0.15, 0.2) is 0 Å². The fourth-order valence-corrected chi connectivity index (χ4v) is 3.27. The molecule has 17 heavy (non-hydrogen) atoms. The van der Waals surface area contributed by atoms with Gasteiger partial charge in [0.05, 0.1) is 5.75 Å². The summed E-state index contributed by atoms with van der Waals surface area (Å²) in [6.45, 7) is 6.29. The first-order chi connectivity index (χ1) is 7.87. The molecule has 0 aromatic carbocycles. The Hall–Kier alpha value is 0.200. The van der Waals surface area contributed by atoms with E-state index in [-0.39, 0.29) is 11.8 Å². The van der Waals surface area contributed by atoms with Crippen LogP contribution in [0.15, 0.2) is 0 Å². The number of hydrogen-bond donors (Lipinski definition) is 1. The number of sulfonamides is 1. The van der Waals surface area contributed by atoms with Crippen molar-refractivity contribution < 1.29 is 8.42 Å². The van der Waals surface area contributed by atoms with Crippen LogP contribution in [-0.2, 0) is 10.0 Å². The molecule has 0 aromatic heterocycles. The summed E-state index contributed by atoms with van der Waals surface area (Å²) in [5.41, 5.74) is 0. The van der Waals surface area contributed by atoms with Gasteiger partial charge in [0.2, 0.25) is 10.0 Å². The van der Waals surface area contributed by atoms with E-state index >= 15 is 0 Å². The smallest absolute Gasteiger partial charge is 0.211 e. The predicted molar refractivity (Wildman–Crippen MR) is 75.0 cm³/mol. The Kier molecular flexibility index (Phi) is 9.28. The van der Waals surface area contributed by atoms with Crippen LogP contribution in [-0.4, -0.2) is 26.1 Å². The topological polar surface area (TPSA) is 46.2 Å². The molecule has 0 spiro atoms. The third-order valence-electron chi connectivity index (χ3n) is 2.60. The van der Waals surface area contributed by atoms with Gasteiger partial charge >= 0.3 is 0 Å². The Morgan fingerprint density at radius 2 is 1.71 bits per heavy atom. The molecule has 3 nitrogen and oxygen atoms in total. The van der Waals surface area contributed by atoms with Gasteiger partial charge in [-0.15, -0.1) is 11.6 Å². The average Bonchev–Trinajstić information content (AvgIpc) is 2.16. The molecular formula is C12H26ClNO2S. The van der Waals surface area contributed by atoms with Gasteiger partial charge in [-0.1, -0.05) is 26.7 Å². The molecule has 104 valence electrons. The summed E-state index contributed by atoms with van der Waals surface area (Å²) in [5.74, 6) is 1.40. The highest BCUT2D eigenvalue weighted by molar-refractivity contribution is 7.89. The van der Waals surface area contributed by atoms with E-state index in [1.54, 1.807) is 0 Å². The van der Waals surface area contributed by atoms with Crippen LogP contribution in [0.1, 0.15) is 52.9 Å². The minimum atomic E-state index is -3.11. The zero-order valence-corrected chi connectivity index (χ0v) is 12.8. The maximum absolute atomic E-state index is 11.7. The molecule has 0 heterocycles. The van der Waals surface area contributed by atoms with Crippen molar-refractivity contribution in [1.29, 1.82) is 0 Å². The van der Waals surface area contributed by atoms with Gasteiger partial charge in [-0.3, -0.25) is 0 Å². The molecule has 1 N–H and O–H groups in total. The first kappa shape index (κ1) is 17.2. The molecule has 0 aliphatic rings. The highest BCUT2D eigenvalue weighted by Crippen LogP contribution is 2.09. The Balaban J connectivity index is 3.80. The molecule has 0 amide bonds. The van der Waals surface area contributed by atoms with Crippen molar-refractivity contribution in [3.63, 3.8) is 0 Å². The highest BCUT2D eigenvalue weighted by Gasteiger charge is 2.13. The fraction of sp³-hybridized carbons (Fsp3) is 1.00. The second-order valence-corrected chi connectivity index (χ2v) is 7.31. The van der Waals surface area contributed by atoms with Crippen molar-refractivity contribution in [2.75, 3.05) is 11.6 Å². The van der Waals surface area contributed by atoms with E-state index in [1.807, 2.05) is 6.92 Å². The van der Waals surface area contributed by atoms with Crippen LogP contribution < -0.4 is 4.72 Å². The van der Waals surface area contributed by atoms with Gasteiger partial charge in [0.25, 0.3) is 0 Å². The van der Waals surface area contributed by atoms with Crippen molar-refractivity contribution in [2.24, 2.45) is 5.92 Å². The van der Waals surface area contributed by atoms with E-state index in [9.17, 15) is 8.42 Å². The van der Waals surface area contributed by atoms with Crippen molar-refractivity contribution in [3.05, 3.63) is 0 Å². The van der Waals surface area contributed by atoms with Crippen molar-refractivity contribution >= 4 is 21.6 Å². The fourth-order valence-electron chi connectivity index (χ4n) is 1.64. The van der Waals surface area contributed by atoms with E-state index in [4.69, 9.17) is 11.6 Å². The predicted octanol–water partition coefficient (Wildman–Crippen LogP) is 3.14. The van der Waals surface area contributed by atoms with Gasteiger partial charge in [-0.25, -0.2) is 13.1 Å². The first-order valence-electron chi connectivity index (χ1n) is 6.43. The molecule has 0 saturated carbocycles. The van der Waals surface area contributed by atoms with Gasteiger partial charge in [-0.05, 0) is 32.1 Å². The van der Waals surface area contributed by atoms with Crippen LogP contribution in [0.2, 0.25) is 0 Å². The van der Waals surface area contributed by atoms with E-state index in [2.05, 4.69) is 18.6 Å². The van der Waals surface area contributed by atoms with Crippen LogP contribution >= 0.6 is 11.6 Å². The lowest BCUT2D eigenvalue weighted by atomic mass is 10.0. The second kappa shape index (κ2) is 9.17. The maximum atomic E-state index is 11.7. The van der Waals surface area contributed by atoms with Crippen LogP contribution in [0.25, 0.3) is 0 Å². The zero-order valence-electron chi connectivity index (χ0n) is 11.2. The van der Waals surface area contributed by atoms with Gasteiger partial charge in [-0.2, -0.15) is 0 Å². The second-order valence-electron chi connectivity index (χ2n) is 5.06. The lowest BCUT2D eigenvalue weighted by molar-refractivity contribution is 0.488. The van der Waals surface area contributed by atoms with Gasteiger partial charge in [0, 0.05) is 11.9 Å². The quantitative estimate of drug-likeness (QED) is 0.494. The average molecular weight is 284 g/mol. The van der Waals surface area contributed by atoms with Crippen molar-refractivity contribution in [1.82, 2.24) is 4.72 Å². The normalized spacial score (nSPS) is 14.2. The molecule has 0 aliphatic heterocycles. The van der Waals surface area contributed by atoms with E-state index < -0.39 is 10.0 Å². The monoisotopic (exact) mass is 283 g/mol. The molecule has 1 unspecified atom stereocenters. The summed E-state index contributed by atoms with van der Waals surface area (Å²) in [4.78, 5) is 0. The minimum Gasteiger partial charge on any atom is -0.212 e.